The molecule has 3 nitrogen and oxygen atoms in total. The summed E-state index contributed by atoms with van der Waals surface area (Å²) in [6, 6.07) is 6.17. The summed E-state index contributed by atoms with van der Waals surface area (Å²) in [5, 5.41) is 0.406. The van der Waals surface area contributed by atoms with E-state index in [1.165, 1.54) is 12.1 Å². The number of alkyl halides is 1. The Morgan fingerprint density at radius 1 is 1.25 bits per heavy atom. The Bertz CT molecular complexity index is 434. The van der Waals surface area contributed by atoms with Gasteiger partial charge in [-0.2, -0.15) is 0 Å². The van der Waals surface area contributed by atoms with Crippen LogP contribution in [-0.2, 0) is 10.0 Å². The van der Waals surface area contributed by atoms with Gasteiger partial charge in [-0.15, -0.1) is 11.6 Å². The maximum absolute atomic E-state index is 11.7. The van der Waals surface area contributed by atoms with Crippen molar-refractivity contribution < 1.29 is 8.42 Å². The van der Waals surface area contributed by atoms with Crippen LogP contribution in [0.5, 0.6) is 0 Å². The minimum atomic E-state index is -3.44. The van der Waals surface area contributed by atoms with Gasteiger partial charge >= 0.3 is 0 Å². The van der Waals surface area contributed by atoms with E-state index in [0.29, 0.717) is 17.4 Å². The topological polar surface area (TPSA) is 46.2 Å². The fourth-order valence-corrected chi connectivity index (χ4v) is 2.71. The molecule has 0 aromatic heterocycles. The molecule has 0 amide bonds. The van der Waals surface area contributed by atoms with Crippen molar-refractivity contribution in [2.24, 2.45) is 0 Å². The summed E-state index contributed by atoms with van der Waals surface area (Å²) in [6.07, 6.45) is 1.52. The van der Waals surface area contributed by atoms with E-state index in [9.17, 15) is 8.42 Å². The van der Waals surface area contributed by atoms with Gasteiger partial charge in [-0.05, 0) is 31.0 Å². The maximum atomic E-state index is 11.7. The van der Waals surface area contributed by atoms with Gasteiger partial charge in [-0.3, -0.25) is 0 Å². The number of hydrogen-bond acceptors (Lipinski definition) is 2. The number of benzene rings is 1. The molecule has 0 fully saturated rings. The molecule has 1 aromatic rings. The molecule has 0 heterocycles. The molecular formula is C10H13Cl2NO2S. The lowest BCUT2D eigenvalue weighted by Gasteiger charge is -2.06. The lowest BCUT2D eigenvalue weighted by Crippen LogP contribution is -2.24. The molecule has 1 N–H and O–H groups in total. The lowest BCUT2D eigenvalue weighted by atomic mass is 10.3. The minimum Gasteiger partial charge on any atom is -0.211 e. The molecule has 0 atom stereocenters. The lowest BCUT2D eigenvalue weighted by molar-refractivity contribution is 0.578. The Balaban J connectivity index is 2.64. The molecule has 0 unspecified atom stereocenters. The number of halogens is 2. The molecule has 0 aliphatic rings. The van der Waals surface area contributed by atoms with E-state index < -0.39 is 10.0 Å². The highest BCUT2D eigenvalue weighted by Gasteiger charge is 2.12. The second-order valence-corrected chi connectivity index (χ2v) is 5.83. The van der Waals surface area contributed by atoms with Crippen LogP contribution in [0.2, 0.25) is 5.02 Å². The van der Waals surface area contributed by atoms with Gasteiger partial charge in [-0.1, -0.05) is 17.7 Å². The van der Waals surface area contributed by atoms with Gasteiger partial charge in [0.05, 0.1) is 4.90 Å². The molecular weight excluding hydrogens is 269 g/mol. The Kier molecular flexibility index (Phi) is 5.55. The highest BCUT2D eigenvalue weighted by atomic mass is 35.5. The van der Waals surface area contributed by atoms with Gasteiger partial charge in [0.15, 0.2) is 0 Å². The number of unbranched alkanes of at least 4 members (excludes halogenated alkanes) is 1. The Morgan fingerprint density at radius 3 is 2.62 bits per heavy atom. The van der Waals surface area contributed by atoms with Gasteiger partial charge in [-0.25, -0.2) is 13.1 Å². The smallest absolute Gasteiger partial charge is 0.211 e. The van der Waals surface area contributed by atoms with Crippen LogP contribution in [0, 0.1) is 0 Å². The molecule has 0 radical (unpaired) electrons. The Labute approximate surface area is 106 Å². The largest absolute Gasteiger partial charge is 0.240 e. The highest BCUT2D eigenvalue weighted by Crippen LogP contribution is 2.15. The van der Waals surface area contributed by atoms with Crippen LogP contribution in [0.3, 0.4) is 0 Å². The van der Waals surface area contributed by atoms with Crippen LogP contribution >= 0.6 is 23.2 Å². The zero-order valence-corrected chi connectivity index (χ0v) is 10.9. The fraction of sp³-hybridized carbons (Fsp3) is 0.400. The van der Waals surface area contributed by atoms with Crippen molar-refractivity contribution in [3.05, 3.63) is 29.3 Å². The van der Waals surface area contributed by atoms with E-state index in [2.05, 4.69) is 4.72 Å². The molecule has 0 spiro atoms. The van der Waals surface area contributed by atoms with E-state index in [-0.39, 0.29) is 4.90 Å². The summed E-state index contributed by atoms with van der Waals surface area (Å²) in [6.45, 7) is 0.390. The zero-order valence-electron chi connectivity index (χ0n) is 8.62. The molecule has 1 aromatic carbocycles. The maximum Gasteiger partial charge on any atom is 0.240 e. The van der Waals surface area contributed by atoms with E-state index in [1.54, 1.807) is 12.1 Å². The van der Waals surface area contributed by atoms with Crippen LogP contribution < -0.4 is 4.72 Å². The molecule has 1 rings (SSSR count). The molecule has 6 heteroatoms. The second-order valence-electron chi connectivity index (χ2n) is 3.25. The van der Waals surface area contributed by atoms with Crippen molar-refractivity contribution in [2.75, 3.05) is 12.4 Å². The van der Waals surface area contributed by atoms with Crippen LogP contribution in [0.15, 0.2) is 29.2 Å². The first-order valence-corrected chi connectivity index (χ1v) is 7.27. The number of sulfonamides is 1. The first-order valence-electron chi connectivity index (χ1n) is 4.87. The Morgan fingerprint density at radius 2 is 2.00 bits per heavy atom. The molecule has 16 heavy (non-hydrogen) atoms. The summed E-state index contributed by atoms with van der Waals surface area (Å²) in [5.41, 5.74) is 0. The zero-order chi connectivity index (χ0) is 12.0. The first kappa shape index (κ1) is 13.8. The van der Waals surface area contributed by atoms with Gasteiger partial charge in [0.25, 0.3) is 0 Å². The molecule has 0 saturated heterocycles. The highest BCUT2D eigenvalue weighted by molar-refractivity contribution is 7.89. The van der Waals surface area contributed by atoms with Crippen LogP contribution in [0.1, 0.15) is 12.8 Å². The van der Waals surface area contributed by atoms with Gasteiger partial charge < -0.3 is 0 Å². The summed E-state index contributed by atoms with van der Waals surface area (Å²) in [5.74, 6) is 0.541. The molecule has 0 aliphatic heterocycles. The molecule has 90 valence electrons. The third-order valence-electron chi connectivity index (χ3n) is 1.96. The van der Waals surface area contributed by atoms with Crippen LogP contribution in [0.25, 0.3) is 0 Å². The predicted octanol–water partition coefficient (Wildman–Crippen LogP) is 2.64. The van der Waals surface area contributed by atoms with Crippen molar-refractivity contribution in [3.63, 3.8) is 0 Å². The van der Waals surface area contributed by atoms with Crippen molar-refractivity contribution in [1.29, 1.82) is 0 Å². The average molecular weight is 282 g/mol. The third kappa shape index (κ3) is 4.29. The van der Waals surface area contributed by atoms with Gasteiger partial charge in [0, 0.05) is 17.4 Å². The minimum absolute atomic E-state index is 0.186. The van der Waals surface area contributed by atoms with Gasteiger partial charge in [0.2, 0.25) is 10.0 Å². The van der Waals surface area contributed by atoms with Crippen molar-refractivity contribution >= 4 is 33.2 Å². The number of rotatable bonds is 6. The van der Waals surface area contributed by atoms with E-state index >= 15 is 0 Å². The first-order chi connectivity index (χ1) is 7.56. The van der Waals surface area contributed by atoms with Crippen molar-refractivity contribution in [1.82, 2.24) is 4.72 Å². The van der Waals surface area contributed by atoms with Crippen LogP contribution in [-0.4, -0.2) is 20.8 Å². The Hall–Kier alpha value is -0.290. The predicted molar refractivity (Wildman–Crippen MR) is 66.6 cm³/mol. The molecule has 0 bridgehead atoms. The number of hydrogen-bond donors (Lipinski definition) is 1. The number of nitrogens with one attached hydrogen (secondary N) is 1. The van der Waals surface area contributed by atoms with Crippen molar-refractivity contribution in [3.8, 4) is 0 Å². The SMILES string of the molecule is O=S(=O)(NCCCCCl)c1cccc(Cl)c1. The summed E-state index contributed by atoms with van der Waals surface area (Å²) in [7, 11) is -3.44. The quantitative estimate of drug-likeness (QED) is 0.644. The van der Waals surface area contributed by atoms with E-state index in [1.807, 2.05) is 0 Å². The summed E-state index contributed by atoms with van der Waals surface area (Å²) < 4.78 is 26.0. The molecule has 0 aliphatic carbocycles. The summed E-state index contributed by atoms with van der Waals surface area (Å²) in [4.78, 5) is 0.186. The third-order valence-corrected chi connectivity index (χ3v) is 3.92. The monoisotopic (exact) mass is 281 g/mol. The van der Waals surface area contributed by atoms with E-state index in [4.69, 9.17) is 23.2 Å². The van der Waals surface area contributed by atoms with Gasteiger partial charge in [0.1, 0.15) is 0 Å². The van der Waals surface area contributed by atoms with Crippen molar-refractivity contribution in [2.45, 2.75) is 17.7 Å². The normalized spacial score (nSPS) is 11.6. The fourth-order valence-electron chi connectivity index (χ4n) is 1.14. The second kappa shape index (κ2) is 6.45. The van der Waals surface area contributed by atoms with E-state index in [0.717, 1.165) is 12.8 Å². The average Bonchev–Trinajstić information content (AvgIpc) is 2.24. The van der Waals surface area contributed by atoms with Crippen LogP contribution in [0.4, 0.5) is 0 Å². The standard InChI is InChI=1S/C10H13Cl2NO2S/c11-6-1-2-7-13-16(14,15)10-5-3-4-9(12)8-10/h3-5,8,13H,1-2,6-7H2. The summed E-state index contributed by atoms with van der Waals surface area (Å²) >= 11 is 11.2. The molecule has 0 saturated carbocycles.